The van der Waals surface area contributed by atoms with Crippen LogP contribution in [0.1, 0.15) is 29.0 Å². The maximum Gasteiger partial charge on any atom is 0.137 e. The molecule has 1 aromatic heterocycles. The molecular weight excluding hydrogens is 294 g/mol. The fourth-order valence-electron chi connectivity index (χ4n) is 2.40. The van der Waals surface area contributed by atoms with Gasteiger partial charge in [0.05, 0.1) is 23.4 Å². The molecule has 0 saturated carbocycles. The lowest BCUT2D eigenvalue weighted by atomic mass is 9.92. The van der Waals surface area contributed by atoms with Crippen molar-refractivity contribution in [3.8, 4) is 0 Å². The van der Waals surface area contributed by atoms with Gasteiger partial charge in [-0.3, -0.25) is 0 Å². The van der Waals surface area contributed by atoms with E-state index in [-0.39, 0.29) is 12.1 Å². The number of hydrogen-bond donors (Lipinski definition) is 1. The summed E-state index contributed by atoms with van der Waals surface area (Å²) in [7, 11) is 0. The molecule has 0 saturated heterocycles. The van der Waals surface area contributed by atoms with Gasteiger partial charge in [0.1, 0.15) is 11.9 Å². The molecule has 0 radical (unpaired) electrons. The third-order valence-corrected chi connectivity index (χ3v) is 3.96. The Labute approximate surface area is 114 Å². The van der Waals surface area contributed by atoms with Crippen LogP contribution in [-0.2, 0) is 11.2 Å². The lowest BCUT2D eigenvalue weighted by molar-refractivity contribution is 0.0193. The number of halogens is 1. The number of ether oxygens (including phenoxy) is 1. The molecule has 1 aliphatic rings. The predicted molar refractivity (Wildman–Crippen MR) is 72.2 cm³/mol. The molecule has 3 rings (SSSR count). The highest BCUT2D eigenvalue weighted by Gasteiger charge is 2.30. The quantitative estimate of drug-likeness (QED) is 0.925. The molecular formula is C14H14BrNO2. The standard InChI is InChI=1S/C14H14BrNO2/c15-11-6-8-18-14(11)12(16)13-10-4-2-1-3-9(10)5-7-17-13/h1-4,6,8,12-13H,5,7,16H2. The maximum absolute atomic E-state index is 6.28. The summed E-state index contributed by atoms with van der Waals surface area (Å²) in [6, 6.07) is 9.84. The van der Waals surface area contributed by atoms with Crippen molar-refractivity contribution in [3.05, 3.63) is 58.0 Å². The topological polar surface area (TPSA) is 48.4 Å². The molecule has 1 aliphatic heterocycles. The van der Waals surface area contributed by atoms with Gasteiger partial charge in [0.15, 0.2) is 0 Å². The third-order valence-electron chi connectivity index (χ3n) is 3.30. The highest BCUT2D eigenvalue weighted by atomic mass is 79.9. The zero-order valence-electron chi connectivity index (χ0n) is 9.80. The number of furan rings is 1. The highest BCUT2D eigenvalue weighted by Crippen LogP contribution is 2.38. The van der Waals surface area contributed by atoms with Crippen molar-refractivity contribution in [1.82, 2.24) is 0 Å². The van der Waals surface area contributed by atoms with E-state index in [0.717, 1.165) is 16.7 Å². The molecule has 4 heteroatoms. The van der Waals surface area contributed by atoms with Gasteiger partial charge < -0.3 is 14.9 Å². The molecule has 0 amide bonds. The van der Waals surface area contributed by atoms with Crippen LogP contribution in [0.25, 0.3) is 0 Å². The van der Waals surface area contributed by atoms with Gasteiger partial charge in [0, 0.05) is 0 Å². The minimum Gasteiger partial charge on any atom is -0.466 e. The first-order chi connectivity index (χ1) is 8.77. The first-order valence-corrected chi connectivity index (χ1v) is 6.74. The maximum atomic E-state index is 6.28. The van der Waals surface area contributed by atoms with E-state index in [0.29, 0.717) is 6.61 Å². The van der Waals surface area contributed by atoms with Gasteiger partial charge in [-0.25, -0.2) is 0 Å². The highest BCUT2D eigenvalue weighted by molar-refractivity contribution is 9.10. The number of benzene rings is 1. The van der Waals surface area contributed by atoms with Crippen LogP contribution in [0.5, 0.6) is 0 Å². The lowest BCUT2D eigenvalue weighted by Gasteiger charge is -2.29. The Balaban J connectivity index is 1.97. The Morgan fingerprint density at radius 2 is 2.11 bits per heavy atom. The van der Waals surface area contributed by atoms with Crippen LogP contribution in [0.2, 0.25) is 0 Å². The van der Waals surface area contributed by atoms with Crippen molar-refractivity contribution in [3.63, 3.8) is 0 Å². The average molecular weight is 308 g/mol. The van der Waals surface area contributed by atoms with Crippen LogP contribution in [0.4, 0.5) is 0 Å². The van der Waals surface area contributed by atoms with E-state index in [1.165, 1.54) is 11.1 Å². The predicted octanol–water partition coefficient (Wildman–Crippen LogP) is 3.36. The molecule has 3 nitrogen and oxygen atoms in total. The Kier molecular flexibility index (Phi) is 3.24. The monoisotopic (exact) mass is 307 g/mol. The van der Waals surface area contributed by atoms with Gasteiger partial charge in [-0.2, -0.15) is 0 Å². The zero-order valence-corrected chi connectivity index (χ0v) is 11.4. The van der Waals surface area contributed by atoms with Gasteiger partial charge in [-0.05, 0) is 39.5 Å². The Bertz CT molecular complexity index is 552. The zero-order chi connectivity index (χ0) is 12.5. The van der Waals surface area contributed by atoms with Crippen LogP contribution in [0, 0.1) is 0 Å². The molecule has 2 aromatic rings. The lowest BCUT2D eigenvalue weighted by Crippen LogP contribution is -2.27. The fourth-order valence-corrected chi connectivity index (χ4v) is 2.87. The molecule has 1 aromatic carbocycles. The second-order valence-corrected chi connectivity index (χ2v) is 5.25. The molecule has 0 bridgehead atoms. The van der Waals surface area contributed by atoms with Gasteiger partial charge in [0.2, 0.25) is 0 Å². The normalized spacial score (nSPS) is 20.4. The Morgan fingerprint density at radius 1 is 1.28 bits per heavy atom. The van der Waals surface area contributed by atoms with Crippen molar-refractivity contribution in [1.29, 1.82) is 0 Å². The minimum atomic E-state index is -0.296. The van der Waals surface area contributed by atoms with Crippen LogP contribution in [0.3, 0.4) is 0 Å². The van der Waals surface area contributed by atoms with Crippen LogP contribution < -0.4 is 5.73 Å². The van der Waals surface area contributed by atoms with Crippen molar-refractivity contribution >= 4 is 15.9 Å². The van der Waals surface area contributed by atoms with Crippen molar-refractivity contribution in [2.45, 2.75) is 18.6 Å². The van der Waals surface area contributed by atoms with Gasteiger partial charge in [-0.15, -0.1) is 0 Å². The van der Waals surface area contributed by atoms with E-state index >= 15 is 0 Å². The van der Waals surface area contributed by atoms with Crippen molar-refractivity contribution < 1.29 is 9.15 Å². The van der Waals surface area contributed by atoms with Crippen LogP contribution in [-0.4, -0.2) is 6.61 Å². The summed E-state index contributed by atoms with van der Waals surface area (Å²) in [5, 5.41) is 0. The van der Waals surface area contributed by atoms with Gasteiger partial charge >= 0.3 is 0 Å². The average Bonchev–Trinajstić information content (AvgIpc) is 2.83. The largest absolute Gasteiger partial charge is 0.466 e. The second kappa shape index (κ2) is 4.88. The summed E-state index contributed by atoms with van der Waals surface area (Å²) >= 11 is 3.44. The Morgan fingerprint density at radius 3 is 2.89 bits per heavy atom. The molecule has 0 aliphatic carbocycles. The number of hydrogen-bond acceptors (Lipinski definition) is 3. The molecule has 0 fully saturated rings. The van der Waals surface area contributed by atoms with E-state index in [1.807, 2.05) is 12.1 Å². The second-order valence-electron chi connectivity index (χ2n) is 4.40. The van der Waals surface area contributed by atoms with E-state index in [4.69, 9.17) is 14.9 Å². The van der Waals surface area contributed by atoms with Crippen LogP contribution in [0.15, 0.2) is 45.5 Å². The summed E-state index contributed by atoms with van der Waals surface area (Å²) in [5.41, 5.74) is 8.76. The molecule has 2 atom stereocenters. The summed E-state index contributed by atoms with van der Waals surface area (Å²) in [4.78, 5) is 0. The summed E-state index contributed by atoms with van der Waals surface area (Å²) < 4.78 is 12.2. The van der Waals surface area contributed by atoms with E-state index in [2.05, 4.69) is 34.1 Å². The first kappa shape index (κ1) is 12.0. The van der Waals surface area contributed by atoms with Crippen molar-refractivity contribution in [2.75, 3.05) is 6.61 Å². The van der Waals surface area contributed by atoms with E-state index in [1.54, 1.807) is 6.26 Å². The van der Waals surface area contributed by atoms with E-state index < -0.39 is 0 Å². The third kappa shape index (κ3) is 2.00. The fraction of sp³-hybridized carbons (Fsp3) is 0.286. The molecule has 2 N–H and O–H groups in total. The molecule has 2 heterocycles. The van der Waals surface area contributed by atoms with Crippen LogP contribution >= 0.6 is 15.9 Å². The summed E-state index contributed by atoms with van der Waals surface area (Å²) in [5.74, 6) is 0.733. The van der Waals surface area contributed by atoms with E-state index in [9.17, 15) is 0 Å². The minimum absolute atomic E-state index is 0.141. The summed E-state index contributed by atoms with van der Waals surface area (Å²) in [6.07, 6.45) is 2.43. The molecule has 0 spiro atoms. The van der Waals surface area contributed by atoms with Crippen molar-refractivity contribution in [2.24, 2.45) is 5.73 Å². The summed E-state index contributed by atoms with van der Waals surface area (Å²) in [6.45, 7) is 0.702. The first-order valence-electron chi connectivity index (χ1n) is 5.95. The molecule has 94 valence electrons. The number of nitrogens with two attached hydrogens (primary N) is 1. The van der Waals surface area contributed by atoms with Gasteiger partial charge in [-0.1, -0.05) is 24.3 Å². The van der Waals surface area contributed by atoms with Gasteiger partial charge in [0.25, 0.3) is 0 Å². The number of rotatable bonds is 2. The smallest absolute Gasteiger partial charge is 0.137 e. The SMILES string of the molecule is NC(c1occc1Br)C1OCCc2ccccc21. The molecule has 2 unspecified atom stereocenters. The Hall–Kier alpha value is -1.10. The number of fused-ring (bicyclic) bond motifs is 1. The molecule has 18 heavy (non-hydrogen) atoms.